The van der Waals surface area contributed by atoms with E-state index in [9.17, 15) is 15.0 Å². The van der Waals surface area contributed by atoms with Gasteiger partial charge in [0.2, 0.25) is 0 Å². The Morgan fingerprint density at radius 2 is 2.29 bits per heavy atom. The first-order valence-electron chi connectivity index (χ1n) is 6.07. The Bertz CT molecular complexity index is 519. The summed E-state index contributed by atoms with van der Waals surface area (Å²) >= 11 is 0. The third-order valence-electron chi connectivity index (χ3n) is 1.34. The highest BCUT2D eigenvalue weighted by Gasteiger charge is 2.12. The van der Waals surface area contributed by atoms with Crippen LogP contribution in [0, 0.1) is 0 Å². The fraction of sp³-hybridized carbons (Fsp3) is 0.222. The van der Waals surface area contributed by atoms with E-state index in [1.807, 2.05) is 0 Å². The van der Waals surface area contributed by atoms with Gasteiger partial charge < -0.3 is 21.1 Å². The number of carbonyl (C=O) groups is 1. The highest BCUT2D eigenvalue weighted by molar-refractivity contribution is 5.73. The van der Waals surface area contributed by atoms with E-state index in [-0.39, 0.29) is 0 Å². The summed E-state index contributed by atoms with van der Waals surface area (Å²) < 4.78 is 37.2. The van der Waals surface area contributed by atoms with Gasteiger partial charge in [-0.05, 0) is 24.0 Å². The van der Waals surface area contributed by atoms with Crippen LogP contribution < -0.4 is 5.73 Å². The zero-order valence-electron chi connectivity index (χ0n) is 11.9. The van der Waals surface area contributed by atoms with Gasteiger partial charge in [0.1, 0.15) is 6.02 Å². The Morgan fingerprint density at radius 3 is 2.86 bits per heavy atom. The Labute approximate surface area is 87.4 Å². The lowest BCUT2D eigenvalue weighted by Gasteiger charge is -2.06. The van der Waals surface area contributed by atoms with Gasteiger partial charge in [-0.25, -0.2) is 0 Å². The molecule has 1 aromatic carbocycles. The summed E-state index contributed by atoms with van der Waals surface area (Å²) in [6, 6.07) is -5.46. The summed E-state index contributed by atoms with van der Waals surface area (Å²) in [6.07, 6.45) is -2.08. The normalized spacial score (nSPS) is 21.9. The monoisotopic (exact) mass is 202 g/mol. The Hall–Kier alpha value is -1.75. The number of carboxylic acid groups (broad SMARTS) is 1. The lowest BCUT2D eigenvalue weighted by atomic mass is 10.1. The third-order valence-corrected chi connectivity index (χ3v) is 1.34. The molecule has 5 N–H and O–H groups in total. The first-order valence-corrected chi connectivity index (χ1v) is 3.49. The Kier molecular flexibility index (Phi) is 1.48. The molecule has 5 heteroatoms. The summed E-state index contributed by atoms with van der Waals surface area (Å²) in [6.45, 7) is 0. The van der Waals surface area contributed by atoms with Gasteiger partial charge in [0.25, 0.3) is 0 Å². The lowest BCUT2D eigenvalue weighted by Crippen LogP contribution is -2.32. The topological polar surface area (TPSA) is 104 Å². The van der Waals surface area contributed by atoms with Crippen LogP contribution in [-0.2, 0) is 11.2 Å². The van der Waals surface area contributed by atoms with Gasteiger partial charge >= 0.3 is 5.97 Å². The maximum atomic E-state index is 10.8. The summed E-state index contributed by atoms with van der Waals surface area (Å²) in [5, 5.41) is 27.4. The fourth-order valence-corrected chi connectivity index (χ4v) is 0.693. The molecular weight excluding hydrogens is 186 g/mol. The summed E-state index contributed by atoms with van der Waals surface area (Å²) in [4.78, 5) is 10.8. The zero-order valence-corrected chi connectivity index (χ0v) is 6.90. The molecule has 0 aromatic heterocycles. The van der Waals surface area contributed by atoms with Crippen LogP contribution in [0.5, 0.6) is 11.5 Å². The van der Waals surface area contributed by atoms with E-state index in [1.165, 1.54) is 0 Å². The second-order valence-corrected chi connectivity index (χ2v) is 2.39. The number of hydrogen-bond acceptors (Lipinski definition) is 4. The SMILES string of the molecule is [2H]c1c([2H])c([C@@H]([2H])[C@@]([2H])(N)C(=O)O)c([2H])c(O)c1O. The predicted molar refractivity (Wildman–Crippen MR) is 49.1 cm³/mol. The number of rotatable bonds is 3. The highest BCUT2D eigenvalue weighted by Crippen LogP contribution is 2.25. The van der Waals surface area contributed by atoms with Crippen LogP contribution in [0.15, 0.2) is 18.1 Å². The van der Waals surface area contributed by atoms with Crippen molar-refractivity contribution in [1.29, 1.82) is 0 Å². The molecule has 0 saturated heterocycles. The van der Waals surface area contributed by atoms with Crippen molar-refractivity contribution in [2.45, 2.75) is 12.4 Å². The van der Waals surface area contributed by atoms with Crippen LogP contribution in [0.1, 0.15) is 12.4 Å². The van der Waals surface area contributed by atoms with E-state index in [0.717, 1.165) is 0 Å². The number of hydrogen-bond donors (Lipinski definition) is 4. The minimum atomic E-state index is -2.86. The van der Waals surface area contributed by atoms with E-state index in [4.69, 9.17) is 17.7 Å². The third kappa shape index (κ3) is 2.37. The van der Waals surface area contributed by atoms with E-state index in [0.29, 0.717) is 0 Å². The fourth-order valence-electron chi connectivity index (χ4n) is 0.693. The minimum Gasteiger partial charge on any atom is -0.504 e. The maximum Gasteiger partial charge on any atom is 0.320 e. The van der Waals surface area contributed by atoms with Crippen molar-refractivity contribution >= 4 is 5.97 Å². The summed E-state index contributed by atoms with van der Waals surface area (Å²) in [7, 11) is 0. The van der Waals surface area contributed by atoms with Crippen LogP contribution in [0.3, 0.4) is 0 Å². The summed E-state index contributed by atoms with van der Waals surface area (Å²) in [5.74, 6) is -3.94. The van der Waals surface area contributed by atoms with Gasteiger partial charge in [0, 0.05) is 1.37 Å². The molecule has 0 radical (unpaired) electrons. The van der Waals surface area contributed by atoms with E-state index in [1.54, 1.807) is 0 Å². The highest BCUT2D eigenvalue weighted by atomic mass is 16.4. The Morgan fingerprint density at radius 1 is 1.64 bits per heavy atom. The van der Waals surface area contributed by atoms with Crippen LogP contribution in [0.25, 0.3) is 0 Å². The molecule has 0 aliphatic rings. The standard InChI is InChI=1S/C9H11NO4/c10-6(9(13)14)3-5-1-2-7(11)8(12)4-5/h1-2,4,6,11-12H,3,10H2,(H,13,14)/t6-/m1/s1/i1D,2D,3D,4D,6D/t3-,6-. The van der Waals surface area contributed by atoms with Gasteiger partial charge in [-0.3, -0.25) is 4.79 Å². The van der Waals surface area contributed by atoms with Crippen LogP contribution in [-0.4, -0.2) is 27.3 Å². The van der Waals surface area contributed by atoms with E-state index < -0.39 is 53.6 Å². The molecule has 1 aromatic rings. The average Bonchev–Trinajstić information content (AvgIpc) is 2.33. The van der Waals surface area contributed by atoms with Crippen LogP contribution in [0.4, 0.5) is 0 Å². The molecular formula is C9H11NO4. The van der Waals surface area contributed by atoms with Crippen molar-refractivity contribution in [3.63, 3.8) is 0 Å². The largest absolute Gasteiger partial charge is 0.504 e. The smallest absolute Gasteiger partial charge is 0.320 e. The molecule has 0 saturated carbocycles. The molecule has 0 spiro atoms. The van der Waals surface area contributed by atoms with Gasteiger partial charge in [-0.1, -0.05) is 6.04 Å². The number of nitrogens with two attached hydrogens (primary N) is 1. The second kappa shape index (κ2) is 3.97. The van der Waals surface area contributed by atoms with Crippen LogP contribution in [0.2, 0.25) is 0 Å². The van der Waals surface area contributed by atoms with Gasteiger partial charge in [0.15, 0.2) is 11.5 Å². The van der Waals surface area contributed by atoms with Gasteiger partial charge in [0.05, 0.1) is 5.48 Å². The molecule has 0 bridgehead atoms. The number of phenolic OH excluding ortho intramolecular Hbond substituents is 2. The number of phenols is 2. The van der Waals surface area contributed by atoms with Crippen molar-refractivity contribution < 1.29 is 27.0 Å². The van der Waals surface area contributed by atoms with Gasteiger partial charge in [-0.15, -0.1) is 0 Å². The first-order chi connectivity index (χ1) is 8.53. The quantitative estimate of drug-likeness (QED) is 0.518. The molecule has 1 rings (SSSR count). The Balaban J connectivity index is 3.57. The van der Waals surface area contributed by atoms with Crippen molar-refractivity contribution in [2.75, 3.05) is 0 Å². The molecule has 0 fully saturated rings. The molecule has 5 nitrogen and oxygen atoms in total. The van der Waals surface area contributed by atoms with Crippen molar-refractivity contribution in [1.82, 2.24) is 0 Å². The van der Waals surface area contributed by atoms with Crippen LogP contribution >= 0.6 is 0 Å². The molecule has 0 aliphatic carbocycles. The summed E-state index contributed by atoms with van der Waals surface area (Å²) in [5.41, 5.74) is 4.41. The number of benzene rings is 1. The number of aliphatic carboxylic acids is 1. The zero-order chi connectivity index (χ0) is 15.1. The molecule has 2 atom stereocenters. The maximum absolute atomic E-state index is 10.8. The molecule has 0 aliphatic heterocycles. The van der Waals surface area contributed by atoms with Crippen molar-refractivity contribution in [3.8, 4) is 11.5 Å². The first kappa shape index (κ1) is 5.21. The lowest BCUT2D eigenvalue weighted by molar-refractivity contribution is -0.138. The molecule has 0 amide bonds. The second-order valence-electron chi connectivity index (χ2n) is 2.39. The van der Waals surface area contributed by atoms with E-state index >= 15 is 0 Å². The average molecular weight is 202 g/mol. The molecule has 76 valence electrons. The minimum absolute atomic E-state index is 0.708. The predicted octanol–water partition coefficient (Wildman–Crippen LogP) is 0.0522. The van der Waals surface area contributed by atoms with Gasteiger partial charge in [-0.2, -0.15) is 0 Å². The number of aromatic hydroxyl groups is 2. The van der Waals surface area contributed by atoms with E-state index in [2.05, 4.69) is 0 Å². The molecule has 14 heavy (non-hydrogen) atoms. The molecule has 0 unspecified atom stereocenters. The number of carboxylic acids is 1. The van der Waals surface area contributed by atoms with Crippen molar-refractivity contribution in [3.05, 3.63) is 23.7 Å². The van der Waals surface area contributed by atoms with Crippen molar-refractivity contribution in [2.24, 2.45) is 5.73 Å². The molecule has 0 heterocycles.